The number of hydrogen-bond acceptors (Lipinski definition) is 6. The molecule has 0 saturated heterocycles. The van der Waals surface area contributed by atoms with E-state index in [2.05, 4.69) is 45.1 Å². The van der Waals surface area contributed by atoms with Gasteiger partial charge in [-0.3, -0.25) is 14.4 Å². The van der Waals surface area contributed by atoms with Crippen LogP contribution in [0.2, 0.25) is 0 Å². The minimum Gasteiger partial charge on any atom is -0.462 e. The van der Waals surface area contributed by atoms with Crippen LogP contribution in [0.1, 0.15) is 284 Å². The Balaban J connectivity index is 4.32. The molecule has 0 aliphatic rings. The molecule has 0 amide bonds. The molecule has 0 aromatic carbocycles. The Morgan fingerprint density at radius 1 is 0.317 bits per heavy atom. The van der Waals surface area contributed by atoms with E-state index in [0.29, 0.717) is 19.3 Å². The van der Waals surface area contributed by atoms with Crippen LogP contribution in [0.4, 0.5) is 0 Å². The molecule has 0 aliphatic heterocycles. The fraction of sp³-hybridized carbons (Fsp3) is 0.870. The SMILES string of the molecule is CCCCC/C=C\CCCCCCCC(=O)OC[C@H](COC(=O)CCCCCCCCCCCCCCCCCCC)OC(=O)CCCCCCC/C=C\CCCCCC. The molecule has 352 valence electrons. The maximum atomic E-state index is 12.8. The highest BCUT2D eigenvalue weighted by Crippen LogP contribution is 2.16. The monoisotopic (exact) mass is 845 g/mol. The van der Waals surface area contributed by atoms with Crippen molar-refractivity contribution in [1.29, 1.82) is 0 Å². The maximum absolute atomic E-state index is 12.8. The Morgan fingerprint density at radius 2 is 0.550 bits per heavy atom. The van der Waals surface area contributed by atoms with Gasteiger partial charge >= 0.3 is 17.9 Å². The summed E-state index contributed by atoms with van der Waals surface area (Å²) in [5.74, 6) is -0.879. The number of allylic oxidation sites excluding steroid dienone is 4. The summed E-state index contributed by atoms with van der Waals surface area (Å²) in [6.07, 6.45) is 55.9. The summed E-state index contributed by atoms with van der Waals surface area (Å²) < 4.78 is 16.8. The highest BCUT2D eigenvalue weighted by molar-refractivity contribution is 5.71. The van der Waals surface area contributed by atoms with Crippen molar-refractivity contribution in [3.63, 3.8) is 0 Å². The normalized spacial score (nSPS) is 12.1. The highest BCUT2D eigenvalue weighted by atomic mass is 16.6. The Morgan fingerprint density at radius 3 is 0.883 bits per heavy atom. The van der Waals surface area contributed by atoms with Gasteiger partial charge in [0.05, 0.1) is 0 Å². The molecule has 1 atom stereocenters. The summed E-state index contributed by atoms with van der Waals surface area (Å²) in [6, 6.07) is 0. The van der Waals surface area contributed by atoms with Crippen molar-refractivity contribution in [2.45, 2.75) is 290 Å². The lowest BCUT2D eigenvalue weighted by Gasteiger charge is -2.18. The number of hydrogen-bond donors (Lipinski definition) is 0. The van der Waals surface area contributed by atoms with Crippen LogP contribution >= 0.6 is 0 Å². The van der Waals surface area contributed by atoms with Crippen molar-refractivity contribution < 1.29 is 28.6 Å². The third-order valence-corrected chi connectivity index (χ3v) is 11.7. The first kappa shape index (κ1) is 57.9. The molecule has 0 N–H and O–H groups in total. The van der Waals surface area contributed by atoms with Gasteiger partial charge in [-0.25, -0.2) is 0 Å². The molecule has 0 heterocycles. The highest BCUT2D eigenvalue weighted by Gasteiger charge is 2.19. The van der Waals surface area contributed by atoms with E-state index in [1.165, 1.54) is 173 Å². The quantitative estimate of drug-likeness (QED) is 0.0263. The van der Waals surface area contributed by atoms with Crippen molar-refractivity contribution in [1.82, 2.24) is 0 Å². The number of esters is 3. The minimum absolute atomic E-state index is 0.0734. The van der Waals surface area contributed by atoms with Crippen molar-refractivity contribution in [3.8, 4) is 0 Å². The van der Waals surface area contributed by atoms with Crippen LogP contribution in [-0.4, -0.2) is 37.2 Å². The molecule has 0 aromatic rings. The van der Waals surface area contributed by atoms with Crippen molar-refractivity contribution in [3.05, 3.63) is 24.3 Å². The van der Waals surface area contributed by atoms with Crippen molar-refractivity contribution >= 4 is 17.9 Å². The second-order valence-electron chi connectivity index (χ2n) is 17.8. The molecular weight excluding hydrogens is 745 g/mol. The van der Waals surface area contributed by atoms with Gasteiger partial charge in [0, 0.05) is 19.3 Å². The number of carbonyl (C=O) groups excluding carboxylic acids is 3. The van der Waals surface area contributed by atoms with Gasteiger partial charge in [-0.15, -0.1) is 0 Å². The van der Waals surface area contributed by atoms with E-state index in [0.717, 1.165) is 70.6 Å². The molecule has 0 fully saturated rings. The van der Waals surface area contributed by atoms with Gasteiger partial charge in [-0.2, -0.15) is 0 Å². The maximum Gasteiger partial charge on any atom is 0.306 e. The molecule has 0 aromatic heterocycles. The summed E-state index contributed by atoms with van der Waals surface area (Å²) in [7, 11) is 0. The summed E-state index contributed by atoms with van der Waals surface area (Å²) >= 11 is 0. The summed E-state index contributed by atoms with van der Waals surface area (Å²) in [6.45, 7) is 6.61. The molecule has 0 aliphatic carbocycles. The molecule has 0 radical (unpaired) electrons. The molecular formula is C54H100O6. The molecule has 0 rings (SSSR count). The average molecular weight is 845 g/mol. The van der Waals surface area contributed by atoms with Crippen LogP contribution in [0.25, 0.3) is 0 Å². The van der Waals surface area contributed by atoms with E-state index in [4.69, 9.17) is 14.2 Å². The predicted molar refractivity (Wildman–Crippen MR) is 256 cm³/mol. The minimum atomic E-state index is -0.773. The van der Waals surface area contributed by atoms with Crippen LogP contribution in [0.15, 0.2) is 24.3 Å². The number of carbonyl (C=O) groups is 3. The average Bonchev–Trinajstić information content (AvgIpc) is 3.24. The standard InChI is InChI=1S/C54H100O6/c1-4-7-10-13-16-19-22-25-26-27-28-30-32-35-38-41-44-47-53(56)59-50-51(49-58-52(55)46-43-40-37-34-31-24-21-18-15-12-9-6-3)60-54(57)48-45-42-39-36-33-29-23-20-17-14-11-8-5-2/h18,20-21,23,51H,4-17,19,22,24-50H2,1-3H3/b21-18-,23-20-/t51-/m1/s1. The molecule has 0 spiro atoms. The fourth-order valence-corrected chi connectivity index (χ4v) is 7.67. The topological polar surface area (TPSA) is 78.9 Å². The van der Waals surface area contributed by atoms with Crippen molar-refractivity contribution in [2.75, 3.05) is 13.2 Å². The van der Waals surface area contributed by atoms with Crippen LogP contribution in [0.5, 0.6) is 0 Å². The molecule has 6 heteroatoms. The molecule has 60 heavy (non-hydrogen) atoms. The summed E-state index contributed by atoms with van der Waals surface area (Å²) in [5.41, 5.74) is 0. The predicted octanol–water partition coefficient (Wildman–Crippen LogP) is 17.2. The third kappa shape index (κ3) is 46.9. The summed E-state index contributed by atoms with van der Waals surface area (Å²) in [4.78, 5) is 37.9. The summed E-state index contributed by atoms with van der Waals surface area (Å²) in [5, 5.41) is 0. The zero-order chi connectivity index (χ0) is 43.7. The Kier molecular flexibility index (Phi) is 47.8. The van der Waals surface area contributed by atoms with Gasteiger partial charge < -0.3 is 14.2 Å². The van der Waals surface area contributed by atoms with Gasteiger partial charge in [0.1, 0.15) is 13.2 Å². The van der Waals surface area contributed by atoms with Gasteiger partial charge in [0.15, 0.2) is 6.10 Å². The van der Waals surface area contributed by atoms with E-state index in [-0.39, 0.29) is 31.1 Å². The third-order valence-electron chi connectivity index (χ3n) is 11.7. The molecule has 6 nitrogen and oxygen atoms in total. The Bertz CT molecular complexity index is 973. The van der Waals surface area contributed by atoms with Crippen LogP contribution < -0.4 is 0 Å². The van der Waals surface area contributed by atoms with E-state index >= 15 is 0 Å². The smallest absolute Gasteiger partial charge is 0.306 e. The Hall–Kier alpha value is -2.11. The van der Waals surface area contributed by atoms with Crippen LogP contribution in [0.3, 0.4) is 0 Å². The van der Waals surface area contributed by atoms with E-state index in [1.807, 2.05) is 0 Å². The number of rotatable bonds is 48. The first-order valence-electron chi connectivity index (χ1n) is 26.3. The fourth-order valence-electron chi connectivity index (χ4n) is 7.67. The van der Waals surface area contributed by atoms with Gasteiger partial charge in [0.25, 0.3) is 0 Å². The first-order chi connectivity index (χ1) is 29.5. The van der Waals surface area contributed by atoms with E-state index in [1.54, 1.807) is 0 Å². The van der Waals surface area contributed by atoms with Crippen LogP contribution in [0, 0.1) is 0 Å². The van der Waals surface area contributed by atoms with Gasteiger partial charge in [0.2, 0.25) is 0 Å². The van der Waals surface area contributed by atoms with Gasteiger partial charge in [-0.05, 0) is 70.6 Å². The van der Waals surface area contributed by atoms with Crippen molar-refractivity contribution in [2.24, 2.45) is 0 Å². The lowest BCUT2D eigenvalue weighted by atomic mass is 10.0. The molecule has 0 unspecified atom stereocenters. The first-order valence-corrected chi connectivity index (χ1v) is 26.3. The number of ether oxygens (including phenoxy) is 3. The second kappa shape index (κ2) is 49.5. The second-order valence-corrected chi connectivity index (χ2v) is 17.8. The zero-order valence-corrected chi connectivity index (χ0v) is 40.2. The van der Waals surface area contributed by atoms with Gasteiger partial charge in [-0.1, -0.05) is 218 Å². The van der Waals surface area contributed by atoms with E-state index < -0.39 is 6.10 Å². The van der Waals surface area contributed by atoms with E-state index in [9.17, 15) is 14.4 Å². The lowest BCUT2D eigenvalue weighted by Crippen LogP contribution is -2.30. The molecule has 0 saturated carbocycles. The molecule has 0 bridgehead atoms. The lowest BCUT2D eigenvalue weighted by molar-refractivity contribution is -0.167. The Labute approximate surface area is 373 Å². The zero-order valence-electron chi connectivity index (χ0n) is 40.2. The number of unbranched alkanes of at least 4 members (excludes halogenated alkanes) is 33. The largest absolute Gasteiger partial charge is 0.462 e. The van der Waals surface area contributed by atoms with Crippen LogP contribution in [-0.2, 0) is 28.6 Å².